The first kappa shape index (κ1) is 18.6. The Hall–Kier alpha value is -2.14. The van der Waals surface area contributed by atoms with Gasteiger partial charge in [0.25, 0.3) is 5.91 Å². The average Bonchev–Trinajstić information content (AvgIpc) is 2.88. The Kier molecular flexibility index (Phi) is 5.77. The topological polar surface area (TPSA) is 58.2 Å². The molecule has 1 aliphatic rings. The highest BCUT2D eigenvalue weighted by atomic mass is 32.1. The maximum absolute atomic E-state index is 12.7. The van der Waals surface area contributed by atoms with Crippen LogP contribution in [0.5, 0.6) is 0 Å². The molecule has 1 aromatic carbocycles. The summed E-state index contributed by atoms with van der Waals surface area (Å²) in [6, 6.07) is 7.65. The molecule has 26 heavy (non-hydrogen) atoms. The molecule has 4 nitrogen and oxygen atoms in total. The van der Waals surface area contributed by atoms with E-state index in [0.717, 1.165) is 29.0 Å². The van der Waals surface area contributed by atoms with E-state index in [1.807, 2.05) is 39.0 Å². The second-order valence-corrected chi connectivity index (χ2v) is 8.38. The van der Waals surface area contributed by atoms with E-state index in [-0.39, 0.29) is 17.7 Å². The average molecular weight is 371 g/mol. The zero-order chi connectivity index (χ0) is 18.7. The van der Waals surface area contributed by atoms with Gasteiger partial charge in [0.15, 0.2) is 0 Å². The SMILES string of the molecule is Cc1ccc(NC(=O)C(C)C)cc1NC(=O)c1cc2c(s1)CCCCC2. The van der Waals surface area contributed by atoms with Gasteiger partial charge in [-0.1, -0.05) is 26.3 Å². The van der Waals surface area contributed by atoms with Crippen molar-refractivity contribution in [2.24, 2.45) is 5.92 Å². The van der Waals surface area contributed by atoms with Crippen LogP contribution in [0.1, 0.15) is 58.8 Å². The molecule has 1 heterocycles. The molecule has 2 amide bonds. The van der Waals surface area contributed by atoms with E-state index in [1.165, 1.54) is 29.7 Å². The lowest BCUT2D eigenvalue weighted by atomic mass is 10.1. The summed E-state index contributed by atoms with van der Waals surface area (Å²) in [6.07, 6.45) is 5.86. The van der Waals surface area contributed by atoms with Crippen molar-refractivity contribution in [1.29, 1.82) is 0 Å². The Morgan fingerprint density at radius 3 is 2.58 bits per heavy atom. The van der Waals surface area contributed by atoms with Crippen molar-refractivity contribution in [3.8, 4) is 0 Å². The third-order valence-corrected chi connectivity index (χ3v) is 5.98. The minimum atomic E-state index is -0.0872. The van der Waals surface area contributed by atoms with Crippen LogP contribution in [0, 0.1) is 12.8 Å². The van der Waals surface area contributed by atoms with E-state index in [0.29, 0.717) is 5.69 Å². The maximum Gasteiger partial charge on any atom is 0.265 e. The second-order valence-electron chi connectivity index (χ2n) is 7.25. The van der Waals surface area contributed by atoms with E-state index in [4.69, 9.17) is 0 Å². The van der Waals surface area contributed by atoms with E-state index in [2.05, 4.69) is 16.7 Å². The molecule has 1 aliphatic carbocycles. The fourth-order valence-corrected chi connectivity index (χ4v) is 4.23. The van der Waals surface area contributed by atoms with Gasteiger partial charge in [0.1, 0.15) is 0 Å². The molecule has 0 radical (unpaired) electrons. The van der Waals surface area contributed by atoms with Crippen LogP contribution >= 0.6 is 11.3 Å². The molecule has 0 aliphatic heterocycles. The molecule has 2 aromatic rings. The van der Waals surface area contributed by atoms with Crippen LogP contribution in [0.15, 0.2) is 24.3 Å². The van der Waals surface area contributed by atoms with Crippen LogP contribution in [0.25, 0.3) is 0 Å². The first-order valence-electron chi connectivity index (χ1n) is 9.28. The van der Waals surface area contributed by atoms with Crippen LogP contribution < -0.4 is 10.6 Å². The summed E-state index contributed by atoms with van der Waals surface area (Å²) in [4.78, 5) is 26.8. The van der Waals surface area contributed by atoms with Gasteiger partial charge in [0, 0.05) is 22.2 Å². The molecule has 0 bridgehead atoms. The van der Waals surface area contributed by atoms with E-state index in [1.54, 1.807) is 11.3 Å². The summed E-state index contributed by atoms with van der Waals surface area (Å²) < 4.78 is 0. The molecule has 0 atom stereocenters. The van der Waals surface area contributed by atoms with Gasteiger partial charge in [-0.2, -0.15) is 0 Å². The number of aryl methyl sites for hydroxylation is 3. The van der Waals surface area contributed by atoms with E-state index >= 15 is 0 Å². The van der Waals surface area contributed by atoms with Crippen molar-refractivity contribution < 1.29 is 9.59 Å². The molecule has 0 fully saturated rings. The summed E-state index contributed by atoms with van der Waals surface area (Å²) >= 11 is 1.62. The van der Waals surface area contributed by atoms with Crippen LogP contribution in [0.3, 0.4) is 0 Å². The molecule has 1 aromatic heterocycles. The highest BCUT2D eigenvalue weighted by molar-refractivity contribution is 7.14. The lowest BCUT2D eigenvalue weighted by Gasteiger charge is -2.12. The van der Waals surface area contributed by atoms with Crippen molar-refractivity contribution in [2.75, 3.05) is 10.6 Å². The lowest BCUT2D eigenvalue weighted by Crippen LogP contribution is -2.18. The van der Waals surface area contributed by atoms with Crippen LogP contribution in [-0.4, -0.2) is 11.8 Å². The Morgan fingerprint density at radius 1 is 1.04 bits per heavy atom. The molecular weight excluding hydrogens is 344 g/mol. The fraction of sp³-hybridized carbons (Fsp3) is 0.429. The minimum Gasteiger partial charge on any atom is -0.326 e. The number of thiophene rings is 1. The summed E-state index contributed by atoms with van der Waals surface area (Å²) in [5, 5.41) is 5.90. The Balaban J connectivity index is 1.75. The number of carbonyl (C=O) groups excluding carboxylic acids is 2. The van der Waals surface area contributed by atoms with Crippen LogP contribution in [0.4, 0.5) is 11.4 Å². The predicted octanol–water partition coefficient (Wildman–Crippen LogP) is 5.17. The molecule has 2 N–H and O–H groups in total. The quantitative estimate of drug-likeness (QED) is 0.729. The van der Waals surface area contributed by atoms with Crippen molar-refractivity contribution in [1.82, 2.24) is 0 Å². The first-order valence-corrected chi connectivity index (χ1v) is 10.1. The van der Waals surface area contributed by atoms with E-state index < -0.39 is 0 Å². The molecule has 0 spiro atoms. The number of hydrogen-bond acceptors (Lipinski definition) is 3. The molecule has 0 saturated heterocycles. The molecule has 0 saturated carbocycles. The number of hydrogen-bond donors (Lipinski definition) is 2. The Bertz CT molecular complexity index is 800. The molecule has 0 unspecified atom stereocenters. The predicted molar refractivity (Wildman–Crippen MR) is 108 cm³/mol. The number of amides is 2. The molecule has 5 heteroatoms. The number of fused-ring (bicyclic) bond motifs is 1. The lowest BCUT2D eigenvalue weighted by molar-refractivity contribution is -0.118. The monoisotopic (exact) mass is 370 g/mol. The van der Waals surface area contributed by atoms with Crippen LogP contribution in [-0.2, 0) is 17.6 Å². The van der Waals surface area contributed by atoms with Gasteiger partial charge in [-0.25, -0.2) is 0 Å². The van der Waals surface area contributed by atoms with Gasteiger partial charge in [-0.15, -0.1) is 11.3 Å². The third kappa shape index (κ3) is 4.33. The highest BCUT2D eigenvalue weighted by Crippen LogP contribution is 2.30. The smallest absolute Gasteiger partial charge is 0.265 e. The molecular formula is C21H26N2O2S. The normalized spacial score (nSPS) is 13.8. The summed E-state index contributed by atoms with van der Waals surface area (Å²) in [5.41, 5.74) is 3.75. The van der Waals surface area contributed by atoms with Gasteiger partial charge < -0.3 is 10.6 Å². The number of nitrogens with one attached hydrogen (secondary N) is 2. The van der Waals surface area contributed by atoms with Gasteiger partial charge in [-0.3, -0.25) is 9.59 Å². The summed E-state index contributed by atoms with van der Waals surface area (Å²) in [5.74, 6) is -0.192. The molecule has 138 valence electrons. The Labute approximate surface area is 159 Å². The zero-order valence-electron chi connectivity index (χ0n) is 15.6. The molecule has 3 rings (SSSR count). The van der Waals surface area contributed by atoms with Gasteiger partial charge in [0.2, 0.25) is 5.91 Å². The van der Waals surface area contributed by atoms with E-state index in [9.17, 15) is 9.59 Å². The fourth-order valence-electron chi connectivity index (χ4n) is 3.08. The van der Waals surface area contributed by atoms with Crippen molar-refractivity contribution in [3.05, 3.63) is 45.1 Å². The largest absolute Gasteiger partial charge is 0.326 e. The number of anilines is 2. The maximum atomic E-state index is 12.7. The van der Waals surface area contributed by atoms with Crippen molar-refractivity contribution in [2.45, 2.75) is 52.9 Å². The van der Waals surface area contributed by atoms with Crippen molar-refractivity contribution in [3.63, 3.8) is 0 Å². The highest BCUT2D eigenvalue weighted by Gasteiger charge is 2.17. The number of rotatable bonds is 4. The number of benzene rings is 1. The number of carbonyl (C=O) groups is 2. The minimum absolute atomic E-state index is 0.0341. The summed E-state index contributed by atoms with van der Waals surface area (Å²) in [6.45, 7) is 5.66. The zero-order valence-corrected chi connectivity index (χ0v) is 16.5. The third-order valence-electron chi connectivity index (χ3n) is 4.75. The standard InChI is InChI=1S/C21H26N2O2S/c1-13(2)20(24)22-16-10-9-14(3)17(12-16)23-21(25)19-11-15-7-5-4-6-8-18(15)26-19/h9-13H,4-8H2,1-3H3,(H,22,24)(H,23,25). The first-order chi connectivity index (χ1) is 12.4. The van der Waals surface area contributed by atoms with Crippen LogP contribution in [0.2, 0.25) is 0 Å². The van der Waals surface area contributed by atoms with Gasteiger partial charge in [-0.05, 0) is 61.9 Å². The van der Waals surface area contributed by atoms with Gasteiger partial charge >= 0.3 is 0 Å². The van der Waals surface area contributed by atoms with Gasteiger partial charge in [0.05, 0.1) is 4.88 Å². The summed E-state index contributed by atoms with van der Waals surface area (Å²) in [7, 11) is 0. The Morgan fingerprint density at radius 2 is 1.81 bits per heavy atom. The second kappa shape index (κ2) is 8.04. The van der Waals surface area contributed by atoms with Crippen molar-refractivity contribution >= 4 is 34.5 Å².